The Balaban J connectivity index is 1.70. The number of hydrogen-bond acceptors (Lipinski definition) is 6. The summed E-state index contributed by atoms with van der Waals surface area (Å²) < 4.78 is 5.96. The molecular formula is C20H23BrN2O4S. The van der Waals surface area contributed by atoms with Crippen LogP contribution in [0.2, 0.25) is 0 Å². The SMILES string of the molecule is CCOC(=O)[C@@H]1CS[C@]2(N1)C(=O)N(C(=O)C1CCCCC1)c1ccc(Br)cc12. The maximum atomic E-state index is 13.6. The topological polar surface area (TPSA) is 75.7 Å². The average Bonchev–Trinajstić information content (AvgIpc) is 3.25. The molecule has 2 aliphatic heterocycles. The highest BCUT2D eigenvalue weighted by molar-refractivity contribution is 9.10. The first-order valence-corrected chi connectivity index (χ1v) is 11.5. The minimum atomic E-state index is -1.12. The molecule has 1 spiro atoms. The number of nitrogens with one attached hydrogen (secondary N) is 1. The summed E-state index contributed by atoms with van der Waals surface area (Å²) >= 11 is 4.84. The van der Waals surface area contributed by atoms with Gasteiger partial charge in [-0.25, -0.2) is 4.90 Å². The third kappa shape index (κ3) is 3.19. The first-order valence-electron chi connectivity index (χ1n) is 9.74. The summed E-state index contributed by atoms with van der Waals surface area (Å²) in [6.07, 6.45) is 4.84. The largest absolute Gasteiger partial charge is 0.465 e. The van der Waals surface area contributed by atoms with Gasteiger partial charge in [0.1, 0.15) is 6.04 Å². The maximum Gasteiger partial charge on any atom is 0.324 e. The second kappa shape index (κ2) is 7.80. The lowest BCUT2D eigenvalue weighted by molar-refractivity contribution is -0.145. The van der Waals surface area contributed by atoms with Gasteiger partial charge in [0.25, 0.3) is 5.91 Å². The first-order chi connectivity index (χ1) is 13.5. The van der Waals surface area contributed by atoms with Gasteiger partial charge in [0.15, 0.2) is 4.87 Å². The Morgan fingerprint density at radius 1 is 1.32 bits per heavy atom. The highest BCUT2D eigenvalue weighted by Crippen LogP contribution is 2.51. The number of esters is 1. The fraction of sp³-hybridized carbons (Fsp3) is 0.550. The van der Waals surface area contributed by atoms with Crippen molar-refractivity contribution in [3.63, 3.8) is 0 Å². The quantitative estimate of drug-likeness (QED) is 0.543. The number of carbonyl (C=O) groups excluding carboxylic acids is 3. The molecule has 1 saturated heterocycles. The van der Waals surface area contributed by atoms with Crippen molar-refractivity contribution >= 4 is 51.2 Å². The number of hydrogen-bond donors (Lipinski definition) is 1. The van der Waals surface area contributed by atoms with Crippen molar-refractivity contribution < 1.29 is 19.1 Å². The van der Waals surface area contributed by atoms with Crippen molar-refractivity contribution in [2.24, 2.45) is 5.92 Å². The number of anilines is 1. The third-order valence-corrected chi connectivity index (χ3v) is 7.61. The van der Waals surface area contributed by atoms with Gasteiger partial charge in [0.05, 0.1) is 12.3 Å². The van der Waals surface area contributed by atoms with E-state index in [0.29, 0.717) is 11.4 Å². The lowest BCUT2D eigenvalue weighted by atomic mass is 9.88. The Morgan fingerprint density at radius 2 is 2.07 bits per heavy atom. The normalized spacial score (nSPS) is 27.3. The molecule has 4 rings (SSSR count). The van der Waals surface area contributed by atoms with Crippen LogP contribution in [-0.2, 0) is 24.0 Å². The monoisotopic (exact) mass is 466 g/mol. The number of carbonyl (C=O) groups is 3. The van der Waals surface area contributed by atoms with E-state index in [1.54, 1.807) is 6.92 Å². The Morgan fingerprint density at radius 3 is 2.79 bits per heavy atom. The summed E-state index contributed by atoms with van der Waals surface area (Å²) in [6, 6.07) is 4.95. The molecule has 6 nitrogen and oxygen atoms in total. The summed E-state index contributed by atoms with van der Waals surface area (Å²) in [4.78, 5) is 39.3. The molecule has 2 fully saturated rings. The van der Waals surface area contributed by atoms with E-state index in [2.05, 4.69) is 21.2 Å². The second-order valence-electron chi connectivity index (χ2n) is 7.42. The first kappa shape index (κ1) is 19.9. The number of fused-ring (bicyclic) bond motifs is 2. The molecule has 28 heavy (non-hydrogen) atoms. The lowest BCUT2D eigenvalue weighted by Gasteiger charge is -2.27. The maximum absolute atomic E-state index is 13.6. The Bertz CT molecular complexity index is 826. The zero-order valence-electron chi connectivity index (χ0n) is 15.7. The van der Waals surface area contributed by atoms with E-state index in [0.717, 1.165) is 42.1 Å². The lowest BCUT2D eigenvalue weighted by Crippen LogP contribution is -2.52. The minimum absolute atomic E-state index is 0.114. The third-order valence-electron chi connectivity index (χ3n) is 5.67. The van der Waals surface area contributed by atoms with Crippen molar-refractivity contribution in [2.45, 2.75) is 49.9 Å². The van der Waals surface area contributed by atoms with Crippen molar-refractivity contribution in [1.29, 1.82) is 0 Å². The van der Waals surface area contributed by atoms with E-state index < -0.39 is 10.9 Å². The van der Waals surface area contributed by atoms with Crippen molar-refractivity contribution in [3.8, 4) is 0 Å². The molecule has 0 aromatic heterocycles. The number of nitrogens with zero attached hydrogens (tertiary/aromatic N) is 1. The summed E-state index contributed by atoms with van der Waals surface area (Å²) in [5.41, 5.74) is 1.35. The van der Waals surface area contributed by atoms with E-state index >= 15 is 0 Å². The Kier molecular flexibility index (Phi) is 5.55. The minimum Gasteiger partial charge on any atom is -0.465 e. The molecule has 1 aliphatic carbocycles. The number of benzene rings is 1. The molecule has 0 radical (unpaired) electrons. The van der Waals surface area contributed by atoms with E-state index in [1.165, 1.54) is 16.7 Å². The van der Waals surface area contributed by atoms with Crippen LogP contribution in [0.25, 0.3) is 0 Å². The molecule has 1 N–H and O–H groups in total. The average molecular weight is 467 g/mol. The molecule has 2 atom stereocenters. The van der Waals surface area contributed by atoms with Crippen LogP contribution in [0.15, 0.2) is 22.7 Å². The molecule has 1 aromatic carbocycles. The predicted molar refractivity (Wildman–Crippen MR) is 111 cm³/mol. The Hall–Kier alpha value is -1.38. The molecule has 2 heterocycles. The van der Waals surface area contributed by atoms with Crippen LogP contribution in [0, 0.1) is 5.92 Å². The number of rotatable bonds is 3. The predicted octanol–water partition coefficient (Wildman–Crippen LogP) is 3.32. The smallest absolute Gasteiger partial charge is 0.324 e. The summed E-state index contributed by atoms with van der Waals surface area (Å²) in [5.74, 6) is -0.480. The fourth-order valence-corrected chi connectivity index (χ4v) is 6.06. The molecule has 1 saturated carbocycles. The molecule has 150 valence electrons. The van der Waals surface area contributed by atoms with Gasteiger partial charge >= 0.3 is 5.97 Å². The van der Waals surface area contributed by atoms with Crippen LogP contribution in [-0.4, -0.2) is 36.2 Å². The van der Waals surface area contributed by atoms with E-state index in [-0.39, 0.29) is 30.3 Å². The number of imide groups is 1. The van der Waals surface area contributed by atoms with E-state index in [1.807, 2.05) is 18.2 Å². The van der Waals surface area contributed by atoms with Crippen LogP contribution in [0.5, 0.6) is 0 Å². The molecule has 1 aromatic rings. The van der Waals surface area contributed by atoms with Gasteiger partial charge in [-0.3, -0.25) is 19.7 Å². The highest BCUT2D eigenvalue weighted by Gasteiger charge is 2.58. The second-order valence-corrected chi connectivity index (χ2v) is 9.57. The van der Waals surface area contributed by atoms with Gasteiger partial charge in [0.2, 0.25) is 5.91 Å². The van der Waals surface area contributed by atoms with Gasteiger partial charge in [-0.1, -0.05) is 35.2 Å². The molecule has 0 unspecified atom stereocenters. The van der Waals surface area contributed by atoms with Crippen LogP contribution in [0.3, 0.4) is 0 Å². The zero-order chi connectivity index (χ0) is 19.9. The van der Waals surface area contributed by atoms with Crippen LogP contribution in [0.1, 0.15) is 44.6 Å². The van der Waals surface area contributed by atoms with Gasteiger partial charge in [-0.15, -0.1) is 11.8 Å². The summed E-state index contributed by atoms with van der Waals surface area (Å²) in [5, 5.41) is 3.20. The molecule has 0 bridgehead atoms. The van der Waals surface area contributed by atoms with Crippen molar-refractivity contribution in [1.82, 2.24) is 5.32 Å². The standard InChI is InChI=1S/C20H23BrN2O4S/c1-2-27-18(25)15-11-28-20(22-15)14-10-13(21)8-9-16(14)23(19(20)26)17(24)12-6-4-3-5-7-12/h8-10,12,15,22H,2-7,11H2,1H3/t15-,20-/m0/s1. The molecule has 3 aliphatic rings. The summed E-state index contributed by atoms with van der Waals surface area (Å²) in [7, 11) is 0. The molecule has 8 heteroatoms. The van der Waals surface area contributed by atoms with E-state index in [9.17, 15) is 14.4 Å². The van der Waals surface area contributed by atoms with Crippen LogP contribution < -0.4 is 10.2 Å². The van der Waals surface area contributed by atoms with Crippen LogP contribution in [0.4, 0.5) is 5.69 Å². The summed E-state index contributed by atoms with van der Waals surface area (Å²) in [6.45, 7) is 2.05. The van der Waals surface area contributed by atoms with Gasteiger partial charge in [-0.2, -0.15) is 0 Å². The zero-order valence-corrected chi connectivity index (χ0v) is 18.1. The number of halogens is 1. The van der Waals surface area contributed by atoms with Crippen molar-refractivity contribution in [3.05, 3.63) is 28.2 Å². The number of amides is 2. The van der Waals surface area contributed by atoms with Gasteiger partial charge in [-0.05, 0) is 38.0 Å². The highest BCUT2D eigenvalue weighted by atomic mass is 79.9. The van der Waals surface area contributed by atoms with E-state index in [4.69, 9.17) is 4.74 Å². The van der Waals surface area contributed by atoms with Crippen molar-refractivity contribution in [2.75, 3.05) is 17.3 Å². The number of thioether (sulfide) groups is 1. The Labute approximate surface area is 176 Å². The van der Waals surface area contributed by atoms with Crippen LogP contribution >= 0.6 is 27.7 Å². The molecule has 2 amide bonds. The fourth-order valence-electron chi connectivity index (χ4n) is 4.30. The van der Waals surface area contributed by atoms with Gasteiger partial charge < -0.3 is 4.74 Å². The number of ether oxygens (including phenoxy) is 1. The van der Waals surface area contributed by atoms with Gasteiger partial charge in [0, 0.05) is 21.7 Å². The molecular weight excluding hydrogens is 444 g/mol.